The van der Waals surface area contributed by atoms with Crippen LogP contribution in [0.4, 0.5) is 5.69 Å². The van der Waals surface area contributed by atoms with E-state index in [1.165, 1.54) is 18.4 Å². The molecule has 3 nitrogen and oxygen atoms in total. The van der Waals surface area contributed by atoms with Gasteiger partial charge in [0.05, 0.1) is 5.69 Å². The molecule has 1 aromatic carbocycles. The maximum Gasteiger partial charge on any atom is 0.242 e. The summed E-state index contributed by atoms with van der Waals surface area (Å²) in [5, 5.41) is 0. The number of ether oxygens (including phenoxy) is 1. The summed E-state index contributed by atoms with van der Waals surface area (Å²) in [6.07, 6.45) is 5.24. The monoisotopic (exact) mass is 256 g/mol. The molecule has 100 valence electrons. The van der Waals surface area contributed by atoms with Crippen LogP contribution in [0.1, 0.15) is 30.9 Å². The van der Waals surface area contributed by atoms with E-state index in [2.05, 4.69) is 24.0 Å². The van der Waals surface area contributed by atoms with Crippen molar-refractivity contribution in [1.29, 1.82) is 0 Å². The van der Waals surface area contributed by atoms with E-state index in [-0.39, 0.29) is 0 Å². The Labute approximate surface area is 114 Å². The molecule has 2 rings (SSSR count). The third kappa shape index (κ3) is 3.47. The van der Waals surface area contributed by atoms with Crippen molar-refractivity contribution in [2.24, 2.45) is 0 Å². The first-order valence-corrected chi connectivity index (χ1v) is 6.68. The summed E-state index contributed by atoms with van der Waals surface area (Å²) >= 11 is 0. The van der Waals surface area contributed by atoms with E-state index in [1.807, 2.05) is 25.1 Å². The lowest BCUT2D eigenvalue weighted by Crippen LogP contribution is -1.97. The highest BCUT2D eigenvalue weighted by atomic mass is 16.5. The third-order valence-corrected chi connectivity index (χ3v) is 3.13. The van der Waals surface area contributed by atoms with Crippen molar-refractivity contribution in [1.82, 2.24) is 4.98 Å². The second-order valence-electron chi connectivity index (χ2n) is 4.70. The summed E-state index contributed by atoms with van der Waals surface area (Å²) in [5.41, 5.74) is 8.84. The van der Waals surface area contributed by atoms with Gasteiger partial charge in [-0.25, -0.2) is 4.98 Å². The Morgan fingerprint density at radius 3 is 2.58 bits per heavy atom. The molecule has 0 unspecified atom stereocenters. The highest BCUT2D eigenvalue weighted by Gasteiger charge is 2.05. The minimum Gasteiger partial charge on any atom is -0.437 e. The first kappa shape index (κ1) is 13.4. The Hall–Kier alpha value is -2.03. The molecule has 2 N–H and O–H groups in total. The predicted molar refractivity (Wildman–Crippen MR) is 78.5 cm³/mol. The van der Waals surface area contributed by atoms with Gasteiger partial charge in [-0.3, -0.25) is 0 Å². The predicted octanol–water partition coefficient (Wildman–Crippen LogP) is 4.11. The average molecular weight is 256 g/mol. The van der Waals surface area contributed by atoms with Gasteiger partial charge in [0.1, 0.15) is 5.75 Å². The molecule has 0 bridgehead atoms. The molecule has 1 heterocycles. The number of benzene rings is 1. The number of nitrogens with zero attached hydrogens (tertiary/aromatic N) is 1. The SMILES string of the molecule is CCCCc1ccc(Oc2nccc(C)c2N)cc1. The molecule has 19 heavy (non-hydrogen) atoms. The van der Waals surface area contributed by atoms with Crippen LogP contribution in [0.3, 0.4) is 0 Å². The molecule has 0 radical (unpaired) electrons. The Bertz CT molecular complexity index is 535. The molecule has 3 heteroatoms. The van der Waals surface area contributed by atoms with Gasteiger partial charge in [-0.1, -0.05) is 25.5 Å². The molecule has 0 spiro atoms. The molecular weight excluding hydrogens is 236 g/mol. The van der Waals surface area contributed by atoms with Gasteiger partial charge in [0.25, 0.3) is 0 Å². The van der Waals surface area contributed by atoms with Crippen LogP contribution in [-0.2, 0) is 6.42 Å². The normalized spacial score (nSPS) is 10.4. The van der Waals surface area contributed by atoms with Gasteiger partial charge < -0.3 is 10.5 Å². The van der Waals surface area contributed by atoms with Gasteiger partial charge in [-0.15, -0.1) is 0 Å². The zero-order valence-corrected chi connectivity index (χ0v) is 11.5. The topological polar surface area (TPSA) is 48.1 Å². The minimum absolute atomic E-state index is 0.473. The van der Waals surface area contributed by atoms with Crippen LogP contribution in [0.2, 0.25) is 0 Å². The average Bonchev–Trinajstić information content (AvgIpc) is 2.43. The highest BCUT2D eigenvalue weighted by molar-refractivity contribution is 5.55. The summed E-state index contributed by atoms with van der Waals surface area (Å²) in [4.78, 5) is 4.16. The van der Waals surface area contributed by atoms with Crippen molar-refractivity contribution in [3.63, 3.8) is 0 Å². The van der Waals surface area contributed by atoms with E-state index in [1.54, 1.807) is 6.20 Å². The van der Waals surface area contributed by atoms with E-state index in [0.717, 1.165) is 17.7 Å². The first-order chi connectivity index (χ1) is 9.20. The third-order valence-electron chi connectivity index (χ3n) is 3.13. The van der Waals surface area contributed by atoms with E-state index < -0.39 is 0 Å². The zero-order chi connectivity index (χ0) is 13.7. The number of aromatic nitrogens is 1. The number of nitrogens with two attached hydrogens (primary N) is 1. The molecule has 0 aliphatic rings. The van der Waals surface area contributed by atoms with Crippen LogP contribution in [0.15, 0.2) is 36.5 Å². The second kappa shape index (κ2) is 6.23. The van der Waals surface area contributed by atoms with Gasteiger partial charge in [0, 0.05) is 6.20 Å². The molecule has 0 amide bonds. The summed E-state index contributed by atoms with van der Waals surface area (Å²) < 4.78 is 5.71. The minimum atomic E-state index is 0.473. The van der Waals surface area contributed by atoms with Crippen LogP contribution < -0.4 is 10.5 Å². The number of hydrogen-bond donors (Lipinski definition) is 1. The second-order valence-corrected chi connectivity index (χ2v) is 4.70. The number of hydrogen-bond acceptors (Lipinski definition) is 3. The lowest BCUT2D eigenvalue weighted by molar-refractivity contribution is 0.465. The maximum atomic E-state index is 5.94. The van der Waals surface area contributed by atoms with Crippen molar-refractivity contribution in [2.75, 3.05) is 5.73 Å². The molecule has 0 saturated heterocycles. The van der Waals surface area contributed by atoms with Gasteiger partial charge in [-0.2, -0.15) is 0 Å². The van der Waals surface area contributed by atoms with Crippen LogP contribution in [0.25, 0.3) is 0 Å². The van der Waals surface area contributed by atoms with Gasteiger partial charge >= 0.3 is 0 Å². The molecule has 0 aliphatic heterocycles. The highest BCUT2D eigenvalue weighted by Crippen LogP contribution is 2.27. The van der Waals surface area contributed by atoms with Gasteiger partial charge in [0.15, 0.2) is 0 Å². The maximum absolute atomic E-state index is 5.94. The fourth-order valence-electron chi connectivity index (χ4n) is 1.84. The van der Waals surface area contributed by atoms with Crippen molar-refractivity contribution >= 4 is 5.69 Å². The quantitative estimate of drug-likeness (QED) is 0.875. The van der Waals surface area contributed by atoms with Crippen molar-refractivity contribution < 1.29 is 4.74 Å². The number of unbranched alkanes of at least 4 members (excludes halogenated alkanes) is 1. The van der Waals surface area contributed by atoms with Crippen molar-refractivity contribution in [2.45, 2.75) is 33.1 Å². The summed E-state index contributed by atoms with van der Waals surface area (Å²) in [6, 6.07) is 9.99. The number of pyridine rings is 1. The van der Waals surface area contributed by atoms with E-state index in [9.17, 15) is 0 Å². The van der Waals surface area contributed by atoms with Crippen LogP contribution in [0, 0.1) is 6.92 Å². The standard InChI is InChI=1S/C16H20N2O/c1-3-4-5-13-6-8-14(9-7-13)19-16-15(17)12(2)10-11-18-16/h6-11H,3-5,17H2,1-2H3. The van der Waals surface area contributed by atoms with Crippen LogP contribution in [-0.4, -0.2) is 4.98 Å². The largest absolute Gasteiger partial charge is 0.437 e. The number of rotatable bonds is 5. The smallest absolute Gasteiger partial charge is 0.242 e. The zero-order valence-electron chi connectivity index (χ0n) is 11.5. The number of anilines is 1. The summed E-state index contributed by atoms with van der Waals surface area (Å²) in [7, 11) is 0. The fourth-order valence-corrected chi connectivity index (χ4v) is 1.84. The molecule has 1 aromatic heterocycles. The Kier molecular flexibility index (Phi) is 4.39. The molecule has 0 aliphatic carbocycles. The Balaban J connectivity index is 2.09. The molecule has 2 aromatic rings. The van der Waals surface area contributed by atoms with Gasteiger partial charge in [0.2, 0.25) is 5.88 Å². The van der Waals surface area contributed by atoms with E-state index in [4.69, 9.17) is 10.5 Å². The molecule has 0 fully saturated rings. The molecule has 0 atom stereocenters. The van der Waals surface area contributed by atoms with Crippen LogP contribution >= 0.6 is 0 Å². The van der Waals surface area contributed by atoms with Gasteiger partial charge in [-0.05, 0) is 49.1 Å². The lowest BCUT2D eigenvalue weighted by Gasteiger charge is -2.09. The number of aryl methyl sites for hydroxylation is 2. The van der Waals surface area contributed by atoms with Crippen LogP contribution in [0.5, 0.6) is 11.6 Å². The Morgan fingerprint density at radius 2 is 1.89 bits per heavy atom. The van der Waals surface area contributed by atoms with Crippen molar-refractivity contribution in [3.05, 3.63) is 47.7 Å². The van der Waals surface area contributed by atoms with E-state index in [0.29, 0.717) is 11.6 Å². The Morgan fingerprint density at radius 1 is 1.16 bits per heavy atom. The van der Waals surface area contributed by atoms with E-state index >= 15 is 0 Å². The lowest BCUT2D eigenvalue weighted by atomic mass is 10.1. The summed E-state index contributed by atoms with van der Waals surface area (Å²) in [6.45, 7) is 4.14. The molecule has 0 saturated carbocycles. The first-order valence-electron chi connectivity index (χ1n) is 6.68. The summed E-state index contributed by atoms with van der Waals surface area (Å²) in [5.74, 6) is 1.24. The van der Waals surface area contributed by atoms with Crippen molar-refractivity contribution in [3.8, 4) is 11.6 Å². The molecular formula is C16H20N2O. The number of nitrogen functional groups attached to an aromatic ring is 1. The fraction of sp³-hybridized carbons (Fsp3) is 0.312.